The number of nitrogens with one attached hydrogen (secondary N) is 1. The molecule has 0 saturated carbocycles. The summed E-state index contributed by atoms with van der Waals surface area (Å²) in [5.74, 6) is -0.220. The van der Waals surface area contributed by atoms with E-state index in [2.05, 4.69) is 12.2 Å². The van der Waals surface area contributed by atoms with Crippen LogP contribution >= 0.6 is 0 Å². The number of primary amides is 1. The molecule has 100 valence electrons. The van der Waals surface area contributed by atoms with Crippen LogP contribution in [-0.2, 0) is 9.59 Å². The van der Waals surface area contributed by atoms with E-state index in [4.69, 9.17) is 5.73 Å². The predicted molar refractivity (Wildman–Crippen MR) is 68.4 cm³/mol. The number of carbonyl (C=O) groups excluding carboxylic acids is 2. The van der Waals surface area contributed by atoms with Crippen LogP contribution in [0.4, 0.5) is 0 Å². The molecule has 0 radical (unpaired) electrons. The minimum atomic E-state index is -0.470. The molecule has 0 heterocycles. The van der Waals surface area contributed by atoms with Crippen molar-refractivity contribution in [2.75, 3.05) is 19.6 Å². The minimum absolute atomic E-state index is 0.000794. The molecule has 5 nitrogen and oxygen atoms in total. The normalized spacial score (nSPS) is 12.5. The van der Waals surface area contributed by atoms with Crippen molar-refractivity contribution in [1.82, 2.24) is 10.2 Å². The molecule has 0 saturated heterocycles. The fourth-order valence-corrected chi connectivity index (χ4v) is 1.40. The molecule has 0 spiro atoms. The largest absolute Gasteiger partial charge is 0.368 e. The molecular formula is C12H25N3O2. The Kier molecular flexibility index (Phi) is 7.54. The average molecular weight is 243 g/mol. The molecular weight excluding hydrogens is 218 g/mol. The van der Waals surface area contributed by atoms with Gasteiger partial charge in [-0.3, -0.25) is 9.59 Å². The van der Waals surface area contributed by atoms with Crippen LogP contribution in [0.5, 0.6) is 0 Å². The van der Waals surface area contributed by atoms with Gasteiger partial charge < -0.3 is 16.0 Å². The first-order valence-corrected chi connectivity index (χ1v) is 6.16. The van der Waals surface area contributed by atoms with Gasteiger partial charge >= 0.3 is 0 Å². The predicted octanol–water partition coefficient (Wildman–Crippen LogP) is 0.344. The lowest BCUT2D eigenvalue weighted by Gasteiger charge is -2.24. The van der Waals surface area contributed by atoms with E-state index in [1.807, 2.05) is 20.8 Å². The molecule has 0 aromatic heterocycles. The van der Waals surface area contributed by atoms with E-state index in [1.54, 1.807) is 0 Å². The number of hydrogen-bond donors (Lipinski definition) is 2. The zero-order chi connectivity index (χ0) is 13.4. The summed E-state index contributed by atoms with van der Waals surface area (Å²) < 4.78 is 0. The summed E-state index contributed by atoms with van der Waals surface area (Å²) >= 11 is 0. The summed E-state index contributed by atoms with van der Waals surface area (Å²) in [5, 5.41) is 3.12. The number of amides is 2. The molecule has 0 aliphatic carbocycles. The van der Waals surface area contributed by atoms with E-state index in [0.29, 0.717) is 18.5 Å². The molecule has 3 N–H and O–H groups in total. The number of rotatable bonds is 8. The van der Waals surface area contributed by atoms with Crippen LogP contribution in [0.3, 0.4) is 0 Å². The van der Waals surface area contributed by atoms with Crippen LogP contribution in [0.1, 0.15) is 34.1 Å². The van der Waals surface area contributed by atoms with Gasteiger partial charge in [-0.25, -0.2) is 0 Å². The molecule has 17 heavy (non-hydrogen) atoms. The van der Waals surface area contributed by atoms with Crippen LogP contribution in [-0.4, -0.2) is 42.4 Å². The van der Waals surface area contributed by atoms with Crippen LogP contribution < -0.4 is 11.1 Å². The van der Waals surface area contributed by atoms with E-state index in [9.17, 15) is 9.59 Å². The molecule has 1 atom stereocenters. The fourth-order valence-electron chi connectivity index (χ4n) is 1.40. The van der Waals surface area contributed by atoms with E-state index in [1.165, 1.54) is 4.90 Å². The average Bonchev–Trinajstić information content (AvgIpc) is 2.23. The second kappa shape index (κ2) is 8.06. The Morgan fingerprint density at radius 1 is 1.29 bits per heavy atom. The van der Waals surface area contributed by atoms with Crippen molar-refractivity contribution in [3.63, 3.8) is 0 Å². The summed E-state index contributed by atoms with van der Waals surface area (Å²) in [4.78, 5) is 24.3. The van der Waals surface area contributed by atoms with Gasteiger partial charge in [0.1, 0.15) is 0 Å². The highest BCUT2D eigenvalue weighted by molar-refractivity contribution is 5.84. The van der Waals surface area contributed by atoms with Gasteiger partial charge in [-0.1, -0.05) is 20.8 Å². The van der Waals surface area contributed by atoms with Crippen molar-refractivity contribution >= 4 is 11.8 Å². The van der Waals surface area contributed by atoms with Gasteiger partial charge in [0.2, 0.25) is 11.8 Å². The van der Waals surface area contributed by atoms with Crippen molar-refractivity contribution in [3.05, 3.63) is 0 Å². The van der Waals surface area contributed by atoms with Crippen molar-refractivity contribution in [2.24, 2.45) is 11.7 Å². The molecule has 1 unspecified atom stereocenters. The molecule has 2 amide bonds. The lowest BCUT2D eigenvalue weighted by molar-refractivity contribution is -0.135. The Morgan fingerprint density at radius 2 is 1.88 bits per heavy atom. The van der Waals surface area contributed by atoms with Gasteiger partial charge in [-0.15, -0.1) is 0 Å². The summed E-state index contributed by atoms with van der Waals surface area (Å²) in [6.45, 7) is 8.90. The van der Waals surface area contributed by atoms with Crippen LogP contribution in [0.15, 0.2) is 0 Å². The van der Waals surface area contributed by atoms with Crippen molar-refractivity contribution in [3.8, 4) is 0 Å². The number of carbonyl (C=O) groups is 2. The quantitative estimate of drug-likeness (QED) is 0.645. The van der Waals surface area contributed by atoms with Crippen LogP contribution in [0.2, 0.25) is 0 Å². The van der Waals surface area contributed by atoms with Gasteiger partial charge in [-0.2, -0.15) is 0 Å². The Morgan fingerprint density at radius 3 is 2.29 bits per heavy atom. The molecule has 5 heteroatoms. The molecule has 0 aromatic carbocycles. The van der Waals surface area contributed by atoms with Crippen molar-refractivity contribution < 1.29 is 9.59 Å². The van der Waals surface area contributed by atoms with E-state index in [0.717, 1.165) is 6.42 Å². The van der Waals surface area contributed by atoms with Gasteiger partial charge in [0.05, 0.1) is 13.1 Å². The molecule has 0 aromatic rings. The highest BCUT2D eigenvalue weighted by Gasteiger charge is 2.17. The van der Waals surface area contributed by atoms with Crippen molar-refractivity contribution in [1.29, 1.82) is 0 Å². The SMILES string of the molecule is CCC(C)NCC(=O)N(CC(N)=O)CC(C)C. The lowest BCUT2D eigenvalue weighted by atomic mass is 10.2. The summed E-state index contributed by atoms with van der Waals surface area (Å²) in [6.07, 6.45) is 0.966. The monoisotopic (exact) mass is 243 g/mol. The highest BCUT2D eigenvalue weighted by Crippen LogP contribution is 1.99. The van der Waals surface area contributed by atoms with E-state index < -0.39 is 5.91 Å². The van der Waals surface area contributed by atoms with Gasteiger partial charge in [0.15, 0.2) is 0 Å². The Balaban J connectivity index is 4.26. The third-order valence-electron chi connectivity index (χ3n) is 2.50. The van der Waals surface area contributed by atoms with Crippen LogP contribution in [0, 0.1) is 5.92 Å². The van der Waals surface area contributed by atoms with Gasteiger partial charge in [0.25, 0.3) is 0 Å². The highest BCUT2D eigenvalue weighted by atomic mass is 16.2. The van der Waals surface area contributed by atoms with E-state index >= 15 is 0 Å². The summed E-state index contributed by atoms with van der Waals surface area (Å²) in [7, 11) is 0. The third-order valence-corrected chi connectivity index (χ3v) is 2.50. The first-order chi connectivity index (χ1) is 7.86. The molecule has 0 fully saturated rings. The molecule has 0 bridgehead atoms. The van der Waals surface area contributed by atoms with Gasteiger partial charge in [0, 0.05) is 12.6 Å². The third kappa shape index (κ3) is 7.74. The van der Waals surface area contributed by atoms with E-state index in [-0.39, 0.29) is 19.0 Å². The minimum Gasteiger partial charge on any atom is -0.368 e. The lowest BCUT2D eigenvalue weighted by Crippen LogP contribution is -2.45. The smallest absolute Gasteiger partial charge is 0.237 e. The second-order valence-electron chi connectivity index (χ2n) is 4.82. The standard InChI is InChI=1S/C12H25N3O2/c1-5-10(4)14-6-12(17)15(7-9(2)3)8-11(13)16/h9-10,14H,5-8H2,1-4H3,(H2,13,16). The maximum atomic E-state index is 11.9. The second-order valence-corrected chi connectivity index (χ2v) is 4.82. The maximum absolute atomic E-state index is 11.9. The first kappa shape index (κ1) is 15.9. The summed E-state index contributed by atoms with van der Waals surface area (Å²) in [6, 6.07) is 0.299. The van der Waals surface area contributed by atoms with Crippen LogP contribution in [0.25, 0.3) is 0 Å². The molecule has 0 aliphatic rings. The Bertz CT molecular complexity index is 254. The Hall–Kier alpha value is -1.10. The Labute approximate surface area is 104 Å². The number of nitrogens with zero attached hydrogens (tertiary/aromatic N) is 1. The number of nitrogens with two attached hydrogens (primary N) is 1. The zero-order valence-electron chi connectivity index (χ0n) is 11.3. The molecule has 0 aliphatic heterocycles. The fraction of sp³-hybridized carbons (Fsp3) is 0.833. The summed E-state index contributed by atoms with van der Waals surface area (Å²) in [5.41, 5.74) is 5.14. The number of hydrogen-bond acceptors (Lipinski definition) is 3. The maximum Gasteiger partial charge on any atom is 0.237 e. The zero-order valence-corrected chi connectivity index (χ0v) is 11.3. The topological polar surface area (TPSA) is 75.4 Å². The van der Waals surface area contributed by atoms with Crippen molar-refractivity contribution in [2.45, 2.75) is 40.2 Å². The van der Waals surface area contributed by atoms with Gasteiger partial charge in [-0.05, 0) is 19.3 Å². The molecule has 0 rings (SSSR count). The first-order valence-electron chi connectivity index (χ1n) is 6.16.